The summed E-state index contributed by atoms with van der Waals surface area (Å²) in [6, 6.07) is 4.51. The van der Waals surface area contributed by atoms with Crippen molar-refractivity contribution in [3.05, 3.63) is 53.1 Å². The van der Waals surface area contributed by atoms with Crippen molar-refractivity contribution in [2.45, 2.75) is 32.5 Å². The maximum atomic E-state index is 13.9. The summed E-state index contributed by atoms with van der Waals surface area (Å²) < 4.78 is 72.7. The first-order valence-corrected chi connectivity index (χ1v) is 7.36. The van der Waals surface area contributed by atoms with Gasteiger partial charge in [0.1, 0.15) is 23.5 Å². The first-order valence-electron chi connectivity index (χ1n) is 7.36. The SMILES string of the molecule is C.NC[C@H]1CCc2cc(F)cc(-c3ccc(F)cc3C(F)(F)F)c2O1. The monoisotopic (exact) mass is 359 g/mol. The first kappa shape index (κ1) is 19.2. The zero-order valence-electron chi connectivity index (χ0n) is 12.5. The van der Waals surface area contributed by atoms with Crippen molar-refractivity contribution in [3.8, 4) is 16.9 Å². The summed E-state index contributed by atoms with van der Waals surface area (Å²) in [5.41, 5.74) is 4.51. The lowest BCUT2D eigenvalue weighted by Gasteiger charge is -2.28. The molecule has 1 heterocycles. The number of halogens is 5. The molecule has 136 valence electrons. The molecule has 0 radical (unpaired) electrons. The highest BCUT2D eigenvalue weighted by atomic mass is 19.4. The lowest BCUT2D eigenvalue weighted by atomic mass is 9.92. The Bertz CT molecular complexity index is 773. The number of aryl methyl sites for hydroxylation is 1. The molecule has 2 aromatic carbocycles. The molecule has 25 heavy (non-hydrogen) atoms. The van der Waals surface area contributed by atoms with Crippen LogP contribution in [0.5, 0.6) is 5.75 Å². The fourth-order valence-corrected chi connectivity index (χ4v) is 2.87. The predicted molar refractivity (Wildman–Crippen MR) is 85.3 cm³/mol. The van der Waals surface area contributed by atoms with Gasteiger partial charge >= 0.3 is 6.18 Å². The highest BCUT2D eigenvalue weighted by Gasteiger charge is 2.35. The van der Waals surface area contributed by atoms with E-state index in [0.29, 0.717) is 24.5 Å². The Morgan fingerprint density at radius 2 is 1.76 bits per heavy atom. The van der Waals surface area contributed by atoms with Gasteiger partial charge < -0.3 is 10.5 Å². The number of hydrogen-bond donors (Lipinski definition) is 1. The van der Waals surface area contributed by atoms with Gasteiger partial charge in [-0.1, -0.05) is 13.5 Å². The molecule has 3 rings (SSSR count). The van der Waals surface area contributed by atoms with E-state index in [2.05, 4.69) is 0 Å². The van der Waals surface area contributed by atoms with Crippen LogP contribution in [-0.2, 0) is 12.6 Å². The highest BCUT2D eigenvalue weighted by Crippen LogP contribution is 2.44. The Kier molecular flexibility index (Phi) is 5.37. The second kappa shape index (κ2) is 7.00. The van der Waals surface area contributed by atoms with Crippen molar-refractivity contribution in [3.63, 3.8) is 0 Å². The summed E-state index contributed by atoms with van der Waals surface area (Å²) in [5.74, 6) is -1.51. The molecule has 0 aliphatic carbocycles. The van der Waals surface area contributed by atoms with Crippen LogP contribution in [0.2, 0.25) is 0 Å². The van der Waals surface area contributed by atoms with Crippen LogP contribution in [0.25, 0.3) is 11.1 Å². The van der Waals surface area contributed by atoms with Crippen LogP contribution in [0.4, 0.5) is 22.0 Å². The van der Waals surface area contributed by atoms with E-state index in [4.69, 9.17) is 10.5 Å². The average molecular weight is 359 g/mol. The minimum atomic E-state index is -4.78. The summed E-state index contributed by atoms with van der Waals surface area (Å²) in [6.07, 6.45) is -4.12. The van der Waals surface area contributed by atoms with Crippen LogP contribution in [0.1, 0.15) is 25.0 Å². The van der Waals surface area contributed by atoms with E-state index >= 15 is 0 Å². The van der Waals surface area contributed by atoms with E-state index in [9.17, 15) is 22.0 Å². The molecule has 1 atom stereocenters. The Morgan fingerprint density at radius 1 is 1.04 bits per heavy atom. The van der Waals surface area contributed by atoms with Gasteiger partial charge in [0.25, 0.3) is 0 Å². The topological polar surface area (TPSA) is 35.2 Å². The molecule has 1 aliphatic rings. The molecular formula is C18H18F5NO. The molecule has 0 amide bonds. The maximum absolute atomic E-state index is 13.9. The minimum Gasteiger partial charge on any atom is -0.488 e. The second-order valence-corrected chi connectivity index (χ2v) is 5.64. The molecule has 2 nitrogen and oxygen atoms in total. The number of hydrogen-bond acceptors (Lipinski definition) is 2. The maximum Gasteiger partial charge on any atom is 0.417 e. The molecule has 2 N–H and O–H groups in total. The van der Waals surface area contributed by atoms with Gasteiger partial charge in [-0.3, -0.25) is 0 Å². The average Bonchev–Trinajstić information content (AvgIpc) is 2.53. The van der Waals surface area contributed by atoms with Crippen LogP contribution in [0, 0.1) is 11.6 Å². The second-order valence-electron chi connectivity index (χ2n) is 5.64. The van der Waals surface area contributed by atoms with E-state index < -0.39 is 23.4 Å². The Hall–Kier alpha value is -2.15. The lowest BCUT2D eigenvalue weighted by molar-refractivity contribution is -0.137. The quantitative estimate of drug-likeness (QED) is 0.771. The van der Waals surface area contributed by atoms with E-state index in [1.807, 2.05) is 0 Å². The van der Waals surface area contributed by atoms with Crippen LogP contribution in [-0.4, -0.2) is 12.6 Å². The van der Waals surface area contributed by atoms with Crippen LogP contribution in [0.15, 0.2) is 30.3 Å². The summed E-state index contributed by atoms with van der Waals surface area (Å²) in [4.78, 5) is 0. The largest absolute Gasteiger partial charge is 0.488 e. The van der Waals surface area contributed by atoms with Gasteiger partial charge in [-0.15, -0.1) is 0 Å². The normalized spacial score (nSPS) is 16.6. The van der Waals surface area contributed by atoms with E-state index in [1.165, 1.54) is 6.07 Å². The summed E-state index contributed by atoms with van der Waals surface area (Å²) >= 11 is 0. The third-order valence-corrected chi connectivity index (χ3v) is 3.99. The summed E-state index contributed by atoms with van der Waals surface area (Å²) in [6.45, 7) is 0.200. The summed E-state index contributed by atoms with van der Waals surface area (Å²) in [7, 11) is 0. The third-order valence-electron chi connectivity index (χ3n) is 3.99. The molecule has 0 aromatic heterocycles. The van der Waals surface area contributed by atoms with Gasteiger partial charge in [-0.05, 0) is 48.2 Å². The van der Waals surface area contributed by atoms with Crippen molar-refractivity contribution in [1.82, 2.24) is 0 Å². The Morgan fingerprint density at radius 3 is 2.40 bits per heavy atom. The van der Waals surface area contributed by atoms with E-state index in [0.717, 1.165) is 18.2 Å². The Balaban J connectivity index is 0.00000225. The molecule has 7 heteroatoms. The number of rotatable bonds is 2. The van der Waals surface area contributed by atoms with E-state index in [1.54, 1.807) is 0 Å². The molecule has 1 aliphatic heterocycles. The van der Waals surface area contributed by atoms with Crippen LogP contribution < -0.4 is 10.5 Å². The Labute approximate surface area is 142 Å². The third kappa shape index (κ3) is 3.76. The van der Waals surface area contributed by atoms with Gasteiger partial charge in [0.2, 0.25) is 0 Å². The van der Waals surface area contributed by atoms with Crippen LogP contribution in [0.3, 0.4) is 0 Å². The van der Waals surface area contributed by atoms with Gasteiger partial charge in [-0.25, -0.2) is 8.78 Å². The minimum absolute atomic E-state index is 0. The molecular weight excluding hydrogens is 341 g/mol. The van der Waals surface area contributed by atoms with Crippen molar-refractivity contribution in [2.24, 2.45) is 5.73 Å². The van der Waals surface area contributed by atoms with Crippen molar-refractivity contribution in [1.29, 1.82) is 0 Å². The van der Waals surface area contributed by atoms with Crippen molar-refractivity contribution < 1.29 is 26.7 Å². The van der Waals surface area contributed by atoms with Crippen molar-refractivity contribution in [2.75, 3.05) is 6.54 Å². The zero-order valence-corrected chi connectivity index (χ0v) is 12.5. The predicted octanol–water partition coefficient (Wildman–Crippen LogP) is 4.94. The fraction of sp³-hybridized carbons (Fsp3) is 0.333. The van der Waals surface area contributed by atoms with Gasteiger partial charge in [-0.2, -0.15) is 13.2 Å². The molecule has 0 saturated heterocycles. The number of nitrogens with two attached hydrogens (primary N) is 1. The first-order chi connectivity index (χ1) is 11.3. The lowest BCUT2D eigenvalue weighted by Crippen LogP contribution is -2.30. The highest BCUT2D eigenvalue weighted by molar-refractivity contribution is 5.76. The molecule has 0 fully saturated rings. The molecule has 0 spiro atoms. The van der Waals surface area contributed by atoms with Gasteiger partial charge in [0.05, 0.1) is 5.56 Å². The number of benzene rings is 2. The van der Waals surface area contributed by atoms with Gasteiger partial charge in [0, 0.05) is 12.1 Å². The fourth-order valence-electron chi connectivity index (χ4n) is 2.87. The number of alkyl halides is 3. The molecule has 0 saturated carbocycles. The van der Waals surface area contributed by atoms with Gasteiger partial charge in [0.15, 0.2) is 0 Å². The number of fused-ring (bicyclic) bond motifs is 1. The van der Waals surface area contributed by atoms with Crippen LogP contribution >= 0.6 is 0 Å². The standard InChI is InChI=1S/C17H14F5NO.CH4/c18-10-2-4-13(15(7-10)17(20,21)22)14-6-11(19)5-9-1-3-12(8-23)24-16(9)14;/h2,4-7,12H,1,3,8,23H2;1H4/t12-;/m1./s1. The van der Waals surface area contributed by atoms with Crippen molar-refractivity contribution >= 4 is 0 Å². The smallest absolute Gasteiger partial charge is 0.417 e. The molecule has 2 aromatic rings. The molecule has 0 unspecified atom stereocenters. The molecule has 0 bridgehead atoms. The zero-order chi connectivity index (χ0) is 17.5. The van der Waals surface area contributed by atoms with E-state index in [-0.39, 0.29) is 37.0 Å². The number of ether oxygens (including phenoxy) is 1. The summed E-state index contributed by atoms with van der Waals surface area (Å²) in [5, 5.41) is 0.